The van der Waals surface area contributed by atoms with E-state index in [-0.39, 0.29) is 0 Å². The zero-order valence-corrected chi connectivity index (χ0v) is 15.5. The molecule has 1 nitrogen and oxygen atoms in total. The molecule has 132 valence electrons. The Morgan fingerprint density at radius 2 is 1.75 bits per heavy atom. The van der Waals surface area contributed by atoms with Crippen LogP contribution >= 0.6 is 0 Å². The standard InChI is InChI=1S/C23H34O/c1-3-5-7-9-20-10-14-22(15-11-20)23-16-12-21(13-17-23)19-24-18-8-6-4-2/h4,6-7,9,12-13,16-17,20,22H,3,5,8,10-11,14-15,18-19H2,1-2H3/b6-4?,9-7+. The molecule has 1 aromatic carbocycles. The number of allylic oxidation sites excluding steroid dienone is 3. The first-order valence-corrected chi connectivity index (χ1v) is 9.77. The van der Waals surface area contributed by atoms with Crippen LogP contribution in [0.3, 0.4) is 0 Å². The van der Waals surface area contributed by atoms with Gasteiger partial charge in [0.1, 0.15) is 0 Å². The number of hydrogen-bond donors (Lipinski definition) is 0. The van der Waals surface area contributed by atoms with Crippen molar-refractivity contribution in [1.82, 2.24) is 0 Å². The molecule has 1 aliphatic rings. The Bertz CT molecular complexity index is 489. The fraction of sp³-hybridized carbons (Fsp3) is 0.565. The first kappa shape index (κ1) is 19.0. The highest BCUT2D eigenvalue weighted by atomic mass is 16.5. The fourth-order valence-corrected chi connectivity index (χ4v) is 3.49. The lowest BCUT2D eigenvalue weighted by Gasteiger charge is -2.27. The molecule has 0 heterocycles. The van der Waals surface area contributed by atoms with E-state index in [1.807, 2.05) is 6.92 Å². The van der Waals surface area contributed by atoms with Crippen molar-refractivity contribution in [3.05, 3.63) is 59.7 Å². The van der Waals surface area contributed by atoms with E-state index in [1.54, 1.807) is 0 Å². The summed E-state index contributed by atoms with van der Waals surface area (Å²) in [5, 5.41) is 0. The summed E-state index contributed by atoms with van der Waals surface area (Å²) >= 11 is 0. The van der Waals surface area contributed by atoms with Crippen LogP contribution < -0.4 is 0 Å². The maximum absolute atomic E-state index is 5.71. The van der Waals surface area contributed by atoms with Gasteiger partial charge < -0.3 is 4.74 Å². The van der Waals surface area contributed by atoms with Gasteiger partial charge in [-0.15, -0.1) is 0 Å². The van der Waals surface area contributed by atoms with Gasteiger partial charge in [-0.3, -0.25) is 0 Å². The van der Waals surface area contributed by atoms with E-state index in [0.717, 1.165) is 31.5 Å². The van der Waals surface area contributed by atoms with Gasteiger partial charge in [0.05, 0.1) is 13.2 Å². The van der Waals surface area contributed by atoms with Crippen LogP contribution in [0.5, 0.6) is 0 Å². The second-order valence-corrected chi connectivity index (χ2v) is 6.98. The number of unbranched alkanes of at least 4 members (excludes halogenated alkanes) is 1. The highest BCUT2D eigenvalue weighted by Crippen LogP contribution is 2.36. The molecule has 1 aromatic rings. The maximum Gasteiger partial charge on any atom is 0.0717 e. The Morgan fingerprint density at radius 1 is 1.00 bits per heavy atom. The number of benzene rings is 1. The Hall–Kier alpha value is -1.34. The Kier molecular flexibility index (Phi) is 8.91. The molecule has 0 saturated heterocycles. The van der Waals surface area contributed by atoms with Gasteiger partial charge in [0.2, 0.25) is 0 Å². The molecular formula is C23H34O. The third kappa shape index (κ3) is 6.65. The van der Waals surface area contributed by atoms with Crippen LogP contribution in [0, 0.1) is 5.92 Å². The van der Waals surface area contributed by atoms with E-state index < -0.39 is 0 Å². The van der Waals surface area contributed by atoms with Crippen molar-refractivity contribution in [3.8, 4) is 0 Å². The van der Waals surface area contributed by atoms with Gasteiger partial charge in [-0.25, -0.2) is 0 Å². The minimum atomic E-state index is 0.729. The molecule has 0 aliphatic heterocycles. The first-order chi connectivity index (χ1) is 11.8. The van der Waals surface area contributed by atoms with E-state index in [0.29, 0.717) is 0 Å². The lowest BCUT2D eigenvalue weighted by atomic mass is 9.78. The molecule has 1 fully saturated rings. The van der Waals surface area contributed by atoms with Crippen molar-refractivity contribution in [1.29, 1.82) is 0 Å². The lowest BCUT2D eigenvalue weighted by molar-refractivity contribution is 0.125. The van der Waals surface area contributed by atoms with Gasteiger partial charge in [-0.2, -0.15) is 0 Å². The smallest absolute Gasteiger partial charge is 0.0717 e. The zero-order valence-electron chi connectivity index (χ0n) is 15.5. The molecular weight excluding hydrogens is 292 g/mol. The molecule has 0 aromatic heterocycles. The molecule has 1 aliphatic carbocycles. The van der Waals surface area contributed by atoms with Crippen LogP contribution in [0.15, 0.2) is 48.6 Å². The molecule has 2 rings (SSSR count). The number of hydrogen-bond acceptors (Lipinski definition) is 1. The molecule has 0 amide bonds. The highest BCUT2D eigenvalue weighted by Gasteiger charge is 2.20. The minimum absolute atomic E-state index is 0.729. The molecule has 0 radical (unpaired) electrons. The van der Waals surface area contributed by atoms with Crippen LogP contribution in [0.25, 0.3) is 0 Å². The lowest BCUT2D eigenvalue weighted by Crippen LogP contribution is -2.11. The SMILES string of the molecule is CC=CCCOCc1ccc(C2CCC(/C=C/CCC)CC2)cc1. The first-order valence-electron chi connectivity index (χ1n) is 9.77. The van der Waals surface area contributed by atoms with Crippen molar-refractivity contribution in [2.75, 3.05) is 6.61 Å². The molecule has 24 heavy (non-hydrogen) atoms. The van der Waals surface area contributed by atoms with Gasteiger partial charge in [0.15, 0.2) is 0 Å². The summed E-state index contributed by atoms with van der Waals surface area (Å²) in [5.74, 6) is 1.57. The maximum atomic E-state index is 5.71. The zero-order chi connectivity index (χ0) is 17.0. The van der Waals surface area contributed by atoms with Crippen LogP contribution in [0.1, 0.15) is 75.8 Å². The third-order valence-electron chi connectivity index (χ3n) is 5.02. The summed E-state index contributed by atoms with van der Waals surface area (Å²) in [6, 6.07) is 9.14. The molecule has 0 atom stereocenters. The number of rotatable bonds is 9. The normalized spacial score (nSPS) is 21.8. The Morgan fingerprint density at radius 3 is 2.42 bits per heavy atom. The van der Waals surface area contributed by atoms with E-state index in [9.17, 15) is 0 Å². The average molecular weight is 327 g/mol. The predicted octanol–water partition coefficient (Wildman–Crippen LogP) is 6.80. The Labute approximate surface area is 148 Å². The number of ether oxygens (including phenoxy) is 1. The van der Waals surface area contributed by atoms with Gasteiger partial charge in [0.25, 0.3) is 0 Å². The quantitative estimate of drug-likeness (QED) is 0.358. The van der Waals surface area contributed by atoms with Crippen molar-refractivity contribution in [2.45, 2.75) is 71.3 Å². The van der Waals surface area contributed by atoms with Gasteiger partial charge in [-0.1, -0.05) is 61.9 Å². The summed E-state index contributed by atoms with van der Waals surface area (Å²) in [5.41, 5.74) is 2.80. The highest BCUT2D eigenvalue weighted by molar-refractivity contribution is 5.25. The largest absolute Gasteiger partial charge is 0.376 e. The van der Waals surface area contributed by atoms with E-state index >= 15 is 0 Å². The second-order valence-electron chi connectivity index (χ2n) is 6.98. The van der Waals surface area contributed by atoms with Gasteiger partial charge in [-0.05, 0) is 68.4 Å². The van der Waals surface area contributed by atoms with Gasteiger partial charge >= 0.3 is 0 Å². The molecule has 0 unspecified atom stereocenters. The fourth-order valence-electron chi connectivity index (χ4n) is 3.49. The van der Waals surface area contributed by atoms with Gasteiger partial charge in [0, 0.05) is 0 Å². The van der Waals surface area contributed by atoms with E-state index in [2.05, 4.69) is 55.5 Å². The van der Waals surface area contributed by atoms with Crippen molar-refractivity contribution >= 4 is 0 Å². The molecule has 1 heteroatoms. The summed E-state index contributed by atoms with van der Waals surface area (Å²) in [6.45, 7) is 5.83. The van der Waals surface area contributed by atoms with Crippen LogP contribution in [0.2, 0.25) is 0 Å². The molecule has 0 bridgehead atoms. The topological polar surface area (TPSA) is 9.23 Å². The molecule has 1 saturated carbocycles. The van der Waals surface area contributed by atoms with Crippen LogP contribution in [-0.2, 0) is 11.3 Å². The van der Waals surface area contributed by atoms with Crippen molar-refractivity contribution in [2.24, 2.45) is 5.92 Å². The Balaban J connectivity index is 1.73. The van der Waals surface area contributed by atoms with Crippen molar-refractivity contribution < 1.29 is 4.74 Å². The second kappa shape index (κ2) is 11.3. The van der Waals surface area contributed by atoms with E-state index in [4.69, 9.17) is 4.74 Å². The predicted molar refractivity (Wildman–Crippen MR) is 104 cm³/mol. The van der Waals surface area contributed by atoms with Crippen LogP contribution in [-0.4, -0.2) is 6.61 Å². The van der Waals surface area contributed by atoms with E-state index in [1.165, 1.54) is 49.7 Å². The molecule has 0 N–H and O–H groups in total. The summed E-state index contributed by atoms with van der Waals surface area (Å²) in [4.78, 5) is 0. The average Bonchev–Trinajstić information content (AvgIpc) is 2.63. The third-order valence-corrected chi connectivity index (χ3v) is 5.02. The summed E-state index contributed by atoms with van der Waals surface area (Å²) < 4.78 is 5.71. The molecule has 0 spiro atoms. The summed E-state index contributed by atoms with van der Waals surface area (Å²) in [6.07, 6.45) is 17.9. The minimum Gasteiger partial charge on any atom is -0.376 e. The summed E-state index contributed by atoms with van der Waals surface area (Å²) in [7, 11) is 0. The van der Waals surface area contributed by atoms with Crippen molar-refractivity contribution in [3.63, 3.8) is 0 Å². The van der Waals surface area contributed by atoms with Crippen LogP contribution in [0.4, 0.5) is 0 Å². The monoisotopic (exact) mass is 326 g/mol.